The fraction of sp³-hybridized carbons (Fsp3) is 0.481. The number of hydrogen-bond acceptors (Lipinski definition) is 13. The molecule has 0 amide bonds. The Morgan fingerprint density at radius 3 is 1.98 bits per heavy atom. The first-order valence-electron chi connectivity index (χ1n) is 12.6. The largest absolute Gasteiger partial charge is 0.508 e. The van der Waals surface area contributed by atoms with Gasteiger partial charge >= 0.3 is 0 Å². The summed E-state index contributed by atoms with van der Waals surface area (Å²) in [6, 6.07) is 11.0. The van der Waals surface area contributed by atoms with Crippen LogP contribution >= 0.6 is 0 Å². The summed E-state index contributed by atoms with van der Waals surface area (Å²) in [4.78, 5) is 0. The predicted octanol–water partition coefficient (Wildman–Crippen LogP) is -1.69. The molecule has 0 aliphatic carbocycles. The van der Waals surface area contributed by atoms with Gasteiger partial charge in [-0.2, -0.15) is 0 Å². The minimum atomic E-state index is -1.76. The van der Waals surface area contributed by atoms with Gasteiger partial charge in [-0.05, 0) is 35.4 Å². The normalized spacial score (nSPS) is 34.7. The molecule has 2 aromatic carbocycles. The summed E-state index contributed by atoms with van der Waals surface area (Å²) >= 11 is 0. The number of hydrogen-bond donors (Lipinski definition) is 9. The average molecular weight is 567 g/mol. The molecule has 0 aromatic heterocycles. The molecule has 4 rings (SSSR count). The van der Waals surface area contributed by atoms with Crippen molar-refractivity contribution in [3.63, 3.8) is 0 Å². The highest BCUT2D eigenvalue weighted by Gasteiger charge is 2.50. The Bertz CT molecular complexity index is 1120. The second-order valence-corrected chi connectivity index (χ2v) is 9.67. The lowest BCUT2D eigenvalue weighted by molar-refractivity contribution is -0.342. The van der Waals surface area contributed by atoms with E-state index in [0.717, 1.165) is 5.56 Å². The number of ether oxygens (including phenoxy) is 4. The second kappa shape index (κ2) is 13.2. The van der Waals surface area contributed by atoms with E-state index in [0.29, 0.717) is 5.56 Å². The minimum Gasteiger partial charge on any atom is -0.508 e. The van der Waals surface area contributed by atoms with Crippen LogP contribution in [0.15, 0.2) is 42.5 Å². The van der Waals surface area contributed by atoms with Crippen LogP contribution in [0.25, 0.3) is 12.2 Å². The van der Waals surface area contributed by atoms with Crippen LogP contribution in [-0.4, -0.2) is 127 Å². The molecule has 0 saturated carbocycles. The lowest BCUT2D eigenvalue weighted by Crippen LogP contribution is -2.65. The van der Waals surface area contributed by atoms with Crippen molar-refractivity contribution in [3.8, 4) is 17.2 Å². The van der Waals surface area contributed by atoms with E-state index < -0.39 is 74.4 Å². The van der Waals surface area contributed by atoms with Gasteiger partial charge in [0, 0.05) is 6.07 Å². The number of benzene rings is 2. The first-order valence-corrected chi connectivity index (χ1v) is 12.6. The van der Waals surface area contributed by atoms with Gasteiger partial charge in [0.05, 0.1) is 13.2 Å². The van der Waals surface area contributed by atoms with E-state index >= 15 is 0 Å². The van der Waals surface area contributed by atoms with Gasteiger partial charge in [-0.1, -0.05) is 24.3 Å². The molecule has 13 nitrogen and oxygen atoms in total. The number of phenolic OH excluding ortho intramolecular Hbond substituents is 2. The van der Waals surface area contributed by atoms with Gasteiger partial charge in [-0.3, -0.25) is 0 Å². The summed E-state index contributed by atoms with van der Waals surface area (Å²) in [5.74, 6) is 0.280. The zero-order chi connectivity index (χ0) is 29.0. The molecular weight excluding hydrogens is 532 g/mol. The quantitative estimate of drug-likeness (QED) is 0.155. The number of phenols is 2. The molecule has 10 atom stereocenters. The first kappa shape index (κ1) is 30.1. The summed E-state index contributed by atoms with van der Waals surface area (Å²) in [6.07, 6.45) is -11.5. The zero-order valence-corrected chi connectivity index (χ0v) is 21.2. The van der Waals surface area contributed by atoms with Crippen molar-refractivity contribution in [1.29, 1.82) is 0 Å². The van der Waals surface area contributed by atoms with Gasteiger partial charge in [-0.25, -0.2) is 0 Å². The van der Waals surface area contributed by atoms with E-state index in [1.807, 2.05) is 0 Å². The second-order valence-electron chi connectivity index (χ2n) is 9.67. The fourth-order valence-electron chi connectivity index (χ4n) is 4.55. The minimum absolute atomic E-state index is 0.0887. The van der Waals surface area contributed by atoms with Crippen molar-refractivity contribution in [3.05, 3.63) is 53.6 Å². The van der Waals surface area contributed by atoms with Crippen LogP contribution in [0.5, 0.6) is 17.2 Å². The molecule has 220 valence electrons. The molecule has 2 aromatic rings. The van der Waals surface area contributed by atoms with Crippen molar-refractivity contribution in [1.82, 2.24) is 0 Å². The predicted molar refractivity (Wildman–Crippen MR) is 137 cm³/mol. The molecule has 0 spiro atoms. The maximum Gasteiger partial charge on any atom is 0.187 e. The van der Waals surface area contributed by atoms with Crippen LogP contribution in [0.4, 0.5) is 0 Å². The molecule has 2 heterocycles. The van der Waals surface area contributed by atoms with Gasteiger partial charge in [0.15, 0.2) is 6.29 Å². The molecule has 0 radical (unpaired) electrons. The van der Waals surface area contributed by atoms with Crippen LogP contribution in [0.3, 0.4) is 0 Å². The summed E-state index contributed by atoms with van der Waals surface area (Å²) in [7, 11) is 0. The molecular formula is C27H34O13. The lowest BCUT2D eigenvalue weighted by atomic mass is 9.94. The Kier molecular flexibility index (Phi) is 9.97. The van der Waals surface area contributed by atoms with Crippen molar-refractivity contribution in [2.45, 2.75) is 61.2 Å². The molecule has 2 saturated heterocycles. The highest BCUT2D eigenvalue weighted by Crippen LogP contribution is 2.30. The van der Waals surface area contributed by atoms with E-state index in [4.69, 9.17) is 18.9 Å². The lowest BCUT2D eigenvalue weighted by Gasteiger charge is -2.46. The number of aliphatic hydroxyl groups is 7. The Balaban J connectivity index is 1.40. The number of aromatic hydroxyl groups is 2. The van der Waals surface area contributed by atoms with E-state index in [9.17, 15) is 46.0 Å². The van der Waals surface area contributed by atoms with Crippen LogP contribution in [0.2, 0.25) is 0 Å². The Morgan fingerprint density at radius 2 is 1.30 bits per heavy atom. The smallest absolute Gasteiger partial charge is 0.187 e. The molecule has 10 unspecified atom stereocenters. The molecule has 0 bridgehead atoms. The zero-order valence-electron chi connectivity index (χ0n) is 21.2. The Hall–Kier alpha value is -2.82. The third-order valence-corrected chi connectivity index (χ3v) is 6.79. The average Bonchev–Trinajstić information content (AvgIpc) is 2.94. The van der Waals surface area contributed by atoms with E-state index in [1.165, 1.54) is 12.1 Å². The fourth-order valence-corrected chi connectivity index (χ4v) is 4.55. The highest BCUT2D eigenvalue weighted by molar-refractivity contribution is 5.71. The summed E-state index contributed by atoms with van der Waals surface area (Å²) < 4.78 is 22.2. The number of aliphatic hydroxyl groups excluding tert-OH is 7. The van der Waals surface area contributed by atoms with Crippen LogP contribution in [0.1, 0.15) is 11.1 Å². The van der Waals surface area contributed by atoms with E-state index in [-0.39, 0.29) is 23.9 Å². The van der Waals surface area contributed by atoms with Crippen LogP contribution in [0, 0.1) is 0 Å². The van der Waals surface area contributed by atoms with Crippen molar-refractivity contribution in [2.75, 3.05) is 19.8 Å². The van der Waals surface area contributed by atoms with Crippen molar-refractivity contribution in [2.24, 2.45) is 0 Å². The molecule has 2 fully saturated rings. The first-order chi connectivity index (χ1) is 19.1. The maximum atomic E-state index is 10.8. The monoisotopic (exact) mass is 566 g/mol. The molecule has 2 aliphatic rings. The maximum absolute atomic E-state index is 10.8. The van der Waals surface area contributed by atoms with Crippen molar-refractivity contribution >= 4 is 12.2 Å². The Labute approximate surface area is 229 Å². The third kappa shape index (κ3) is 6.90. The number of rotatable bonds is 9. The molecule has 9 N–H and O–H groups in total. The highest BCUT2D eigenvalue weighted by atomic mass is 16.7. The van der Waals surface area contributed by atoms with Crippen LogP contribution < -0.4 is 4.74 Å². The SMILES string of the molecule is OCC1OC(OC2C(CO)OC(COc3cc(O)cc(/C=C/c4ccc(O)cc4)c3)C(O)C2O)C(O)C(O)C1O. The molecule has 2 aliphatic heterocycles. The third-order valence-electron chi connectivity index (χ3n) is 6.79. The van der Waals surface area contributed by atoms with Gasteiger partial charge in [0.1, 0.15) is 78.8 Å². The Morgan fingerprint density at radius 1 is 0.650 bits per heavy atom. The van der Waals surface area contributed by atoms with Gasteiger partial charge in [0.2, 0.25) is 0 Å². The standard InChI is InChI=1S/C27H34O13/c28-10-18-21(32)23(34)25(36)27(39-18)40-26-19(11-29)38-20(22(33)24(26)35)12-37-17-8-14(7-16(31)9-17)2-1-13-3-5-15(30)6-4-13/h1-9,18-36H,10-12H2/b2-1+. The van der Waals surface area contributed by atoms with E-state index in [1.54, 1.807) is 42.5 Å². The van der Waals surface area contributed by atoms with Gasteiger partial charge < -0.3 is 64.9 Å². The van der Waals surface area contributed by atoms with Gasteiger partial charge in [0.25, 0.3) is 0 Å². The van der Waals surface area contributed by atoms with E-state index in [2.05, 4.69) is 0 Å². The van der Waals surface area contributed by atoms with Crippen LogP contribution in [-0.2, 0) is 14.2 Å². The summed E-state index contributed by atoms with van der Waals surface area (Å²) in [5.41, 5.74) is 1.40. The van der Waals surface area contributed by atoms with Gasteiger partial charge in [-0.15, -0.1) is 0 Å². The molecule has 40 heavy (non-hydrogen) atoms. The molecule has 13 heteroatoms. The summed E-state index contributed by atoms with van der Waals surface area (Å²) in [5, 5.41) is 90.4. The topological polar surface area (TPSA) is 219 Å². The van der Waals surface area contributed by atoms with Crippen molar-refractivity contribution < 1.29 is 64.9 Å². The summed E-state index contributed by atoms with van der Waals surface area (Å²) in [6.45, 7) is -1.64.